The van der Waals surface area contributed by atoms with Gasteiger partial charge in [-0.05, 0) is 19.3 Å². The number of halogens is 1. The van der Waals surface area contributed by atoms with Crippen LogP contribution in [0.5, 0.6) is 0 Å². The Labute approximate surface area is 80.8 Å². The van der Waals surface area contributed by atoms with Gasteiger partial charge < -0.3 is 0 Å². The Balaban J connectivity index is 2.75. The lowest BCUT2D eigenvalue weighted by Gasteiger charge is -2.31. The fourth-order valence-electron chi connectivity index (χ4n) is 1.95. The number of hydrogen-bond acceptors (Lipinski definition) is 2. The Kier molecular flexibility index (Phi) is 3.09. The Morgan fingerprint density at radius 3 is 2.75 bits per heavy atom. The van der Waals surface area contributed by atoms with Crippen LogP contribution in [0.15, 0.2) is 0 Å². The lowest BCUT2D eigenvalue weighted by Crippen LogP contribution is -2.41. The van der Waals surface area contributed by atoms with Crippen molar-refractivity contribution >= 4 is 15.9 Å². The number of nitro groups is 1. The summed E-state index contributed by atoms with van der Waals surface area (Å²) in [7, 11) is 0. The minimum atomic E-state index is -0.819. The van der Waals surface area contributed by atoms with E-state index in [0.29, 0.717) is 6.42 Å². The van der Waals surface area contributed by atoms with Crippen LogP contribution >= 0.6 is 15.9 Å². The van der Waals surface area contributed by atoms with Crippen molar-refractivity contribution in [3.63, 3.8) is 0 Å². The Bertz CT molecular complexity index is 186. The number of nitrogens with zero attached hydrogens (tertiary/aromatic N) is 1. The van der Waals surface area contributed by atoms with Crippen molar-refractivity contribution in [2.75, 3.05) is 0 Å². The largest absolute Gasteiger partial charge is 0.277 e. The van der Waals surface area contributed by atoms with Crippen LogP contribution in [0.1, 0.15) is 39.0 Å². The first kappa shape index (κ1) is 9.96. The van der Waals surface area contributed by atoms with Crippen molar-refractivity contribution in [3.05, 3.63) is 10.1 Å². The predicted octanol–water partition coefficient (Wildman–Crippen LogP) is 2.95. The van der Waals surface area contributed by atoms with Crippen molar-refractivity contribution in [2.24, 2.45) is 5.92 Å². The molecule has 0 spiro atoms. The number of alkyl halides is 1. The maximum atomic E-state index is 10.8. The average Bonchev–Trinajstić information content (AvgIpc) is 2.05. The molecule has 0 aromatic rings. The summed E-state index contributed by atoms with van der Waals surface area (Å²) in [5, 5.41) is 10.8. The smallest absolute Gasteiger partial charge is 0.263 e. The topological polar surface area (TPSA) is 43.1 Å². The van der Waals surface area contributed by atoms with Gasteiger partial charge in [0, 0.05) is 33.2 Å². The molecule has 0 amide bonds. The van der Waals surface area contributed by atoms with Gasteiger partial charge in [-0.25, -0.2) is 0 Å². The lowest BCUT2D eigenvalue weighted by atomic mass is 9.83. The highest BCUT2D eigenvalue weighted by molar-refractivity contribution is 9.10. The van der Waals surface area contributed by atoms with Crippen LogP contribution in [0.25, 0.3) is 0 Å². The van der Waals surface area contributed by atoms with Gasteiger partial charge in [0.15, 0.2) is 0 Å². The summed E-state index contributed by atoms with van der Waals surface area (Å²) in [6.45, 7) is 2.02. The first-order valence-corrected chi connectivity index (χ1v) is 5.24. The molecule has 0 aliphatic heterocycles. The predicted molar refractivity (Wildman–Crippen MR) is 50.9 cm³/mol. The second-order valence-electron chi connectivity index (χ2n) is 3.43. The van der Waals surface area contributed by atoms with Crippen LogP contribution in [0.4, 0.5) is 0 Å². The number of hydrogen-bond donors (Lipinski definition) is 0. The second-order valence-corrected chi connectivity index (χ2v) is 4.80. The van der Waals surface area contributed by atoms with E-state index in [0.717, 1.165) is 25.7 Å². The van der Waals surface area contributed by atoms with Crippen molar-refractivity contribution in [3.8, 4) is 0 Å². The van der Waals surface area contributed by atoms with E-state index in [-0.39, 0.29) is 10.8 Å². The minimum absolute atomic E-state index is 0.152. The van der Waals surface area contributed by atoms with Crippen LogP contribution in [0.3, 0.4) is 0 Å². The summed E-state index contributed by atoms with van der Waals surface area (Å²) in [5.74, 6) is 0.209. The van der Waals surface area contributed by atoms with Gasteiger partial charge in [0.25, 0.3) is 4.45 Å². The quantitative estimate of drug-likeness (QED) is 0.320. The zero-order chi connectivity index (χ0) is 9.19. The third-order valence-corrected chi connectivity index (χ3v) is 4.09. The third kappa shape index (κ3) is 1.63. The van der Waals surface area contributed by atoms with Gasteiger partial charge in [0.05, 0.1) is 0 Å². The summed E-state index contributed by atoms with van der Waals surface area (Å²) in [5.41, 5.74) is 0. The van der Waals surface area contributed by atoms with Gasteiger partial charge in [0.1, 0.15) is 0 Å². The summed E-state index contributed by atoms with van der Waals surface area (Å²) in [6, 6.07) is 0. The summed E-state index contributed by atoms with van der Waals surface area (Å²) in [6.07, 6.45) is 4.68. The second kappa shape index (κ2) is 3.73. The van der Waals surface area contributed by atoms with E-state index in [9.17, 15) is 10.1 Å². The molecule has 2 unspecified atom stereocenters. The van der Waals surface area contributed by atoms with Gasteiger partial charge in [-0.3, -0.25) is 10.1 Å². The van der Waals surface area contributed by atoms with E-state index in [1.165, 1.54) is 0 Å². The molecule has 1 saturated carbocycles. The third-order valence-electron chi connectivity index (χ3n) is 2.75. The van der Waals surface area contributed by atoms with E-state index in [1.807, 2.05) is 6.92 Å². The number of rotatable bonds is 2. The fraction of sp³-hybridized carbons (Fsp3) is 1.00. The van der Waals surface area contributed by atoms with Crippen LogP contribution in [0.2, 0.25) is 0 Å². The zero-order valence-electron chi connectivity index (χ0n) is 7.25. The van der Waals surface area contributed by atoms with Gasteiger partial charge in [-0.1, -0.05) is 13.3 Å². The molecule has 1 aliphatic carbocycles. The van der Waals surface area contributed by atoms with Gasteiger partial charge in [-0.2, -0.15) is 0 Å². The molecule has 1 rings (SSSR count). The molecule has 0 N–H and O–H groups in total. The zero-order valence-corrected chi connectivity index (χ0v) is 8.84. The summed E-state index contributed by atoms with van der Waals surface area (Å²) < 4.78 is -0.819. The maximum absolute atomic E-state index is 10.8. The minimum Gasteiger partial charge on any atom is -0.263 e. The average molecular weight is 236 g/mol. The first-order valence-electron chi connectivity index (χ1n) is 4.44. The van der Waals surface area contributed by atoms with Crippen LogP contribution in [-0.2, 0) is 0 Å². The van der Waals surface area contributed by atoms with E-state index < -0.39 is 4.45 Å². The maximum Gasteiger partial charge on any atom is 0.277 e. The highest BCUT2D eigenvalue weighted by Crippen LogP contribution is 2.42. The molecule has 0 radical (unpaired) electrons. The van der Waals surface area contributed by atoms with Gasteiger partial charge >= 0.3 is 0 Å². The van der Waals surface area contributed by atoms with Crippen LogP contribution < -0.4 is 0 Å². The van der Waals surface area contributed by atoms with E-state index in [1.54, 1.807) is 0 Å². The van der Waals surface area contributed by atoms with E-state index in [2.05, 4.69) is 15.9 Å². The van der Waals surface area contributed by atoms with Crippen molar-refractivity contribution < 1.29 is 4.92 Å². The van der Waals surface area contributed by atoms with Crippen molar-refractivity contribution in [1.29, 1.82) is 0 Å². The molecule has 0 heterocycles. The summed E-state index contributed by atoms with van der Waals surface area (Å²) in [4.78, 5) is 10.7. The summed E-state index contributed by atoms with van der Waals surface area (Å²) >= 11 is 3.29. The lowest BCUT2D eigenvalue weighted by molar-refractivity contribution is -0.549. The Morgan fingerprint density at radius 2 is 2.33 bits per heavy atom. The fourth-order valence-corrected chi connectivity index (χ4v) is 2.78. The van der Waals surface area contributed by atoms with E-state index >= 15 is 0 Å². The molecule has 1 fully saturated rings. The molecular weight excluding hydrogens is 222 g/mol. The molecule has 2 atom stereocenters. The molecule has 0 saturated heterocycles. The molecule has 12 heavy (non-hydrogen) atoms. The first-order chi connectivity index (χ1) is 5.61. The van der Waals surface area contributed by atoms with E-state index in [4.69, 9.17) is 0 Å². The highest BCUT2D eigenvalue weighted by Gasteiger charge is 2.48. The Morgan fingerprint density at radius 1 is 1.67 bits per heavy atom. The normalized spacial score (nSPS) is 36.3. The molecule has 0 aromatic heterocycles. The molecular formula is C8H14BrNO2. The molecule has 70 valence electrons. The standard InChI is InChI=1S/C8H14BrNO2/c1-2-7-5-3-4-6-8(7,9)10(11)12/h7H,2-6H2,1H3. The van der Waals surface area contributed by atoms with Crippen LogP contribution in [-0.4, -0.2) is 9.37 Å². The Hall–Kier alpha value is -0.120. The molecule has 3 nitrogen and oxygen atoms in total. The monoisotopic (exact) mass is 235 g/mol. The van der Waals surface area contributed by atoms with Crippen molar-refractivity contribution in [2.45, 2.75) is 43.5 Å². The highest BCUT2D eigenvalue weighted by atomic mass is 79.9. The van der Waals surface area contributed by atoms with Gasteiger partial charge in [-0.15, -0.1) is 0 Å². The SMILES string of the molecule is CCC1CCCCC1(Br)[N+](=O)[O-]. The van der Waals surface area contributed by atoms with Crippen molar-refractivity contribution in [1.82, 2.24) is 0 Å². The molecule has 1 aliphatic rings. The molecule has 4 heteroatoms. The molecule has 0 aromatic carbocycles. The molecule has 0 bridgehead atoms. The van der Waals surface area contributed by atoms with Gasteiger partial charge in [0.2, 0.25) is 0 Å². The van der Waals surface area contributed by atoms with Crippen LogP contribution in [0, 0.1) is 16.0 Å².